The van der Waals surface area contributed by atoms with Crippen LogP contribution in [-0.4, -0.2) is 41.6 Å². The third kappa shape index (κ3) is 3.78. The Morgan fingerprint density at radius 1 is 1.41 bits per heavy atom. The van der Waals surface area contributed by atoms with Crippen LogP contribution < -0.4 is 15.0 Å². The van der Waals surface area contributed by atoms with E-state index in [4.69, 9.17) is 4.74 Å². The minimum atomic E-state index is -1.05. The highest BCUT2D eigenvalue weighted by molar-refractivity contribution is 6.02. The first kappa shape index (κ1) is 18.8. The third-order valence-electron chi connectivity index (χ3n) is 4.87. The van der Waals surface area contributed by atoms with Crippen molar-refractivity contribution in [2.75, 3.05) is 18.6 Å². The second kappa shape index (κ2) is 7.36. The number of aromatic nitrogens is 1. The van der Waals surface area contributed by atoms with Crippen LogP contribution in [-0.2, 0) is 10.4 Å². The minimum absolute atomic E-state index is 0.0261. The standard InChI is InChI=1S/C20H23N3O4/c1-4-20(2,26)13-9-10-21-14(11-13)18(24)22-15-12-27-17-8-6-5-7-16(17)23(3)19(15)25/h5-11,15,26H,4,12H2,1-3H3,(H,22,24)/t15-,20?/m0/s1. The molecule has 7 heteroatoms. The number of fused-ring (bicyclic) bond motifs is 1. The number of ether oxygens (including phenoxy) is 1. The highest BCUT2D eigenvalue weighted by Crippen LogP contribution is 2.30. The van der Waals surface area contributed by atoms with Crippen LogP contribution in [0.5, 0.6) is 5.75 Å². The van der Waals surface area contributed by atoms with Gasteiger partial charge in [0.05, 0.1) is 11.3 Å². The second-order valence-corrected chi connectivity index (χ2v) is 6.76. The molecule has 0 aliphatic carbocycles. The van der Waals surface area contributed by atoms with Gasteiger partial charge in [-0.15, -0.1) is 0 Å². The number of amides is 2. The molecule has 0 bridgehead atoms. The number of nitrogens with zero attached hydrogens (tertiary/aromatic N) is 2. The lowest BCUT2D eigenvalue weighted by atomic mass is 9.93. The van der Waals surface area contributed by atoms with E-state index in [1.54, 1.807) is 38.2 Å². The Morgan fingerprint density at radius 2 is 2.15 bits per heavy atom. The predicted molar refractivity (Wildman–Crippen MR) is 101 cm³/mol. The number of pyridine rings is 1. The number of anilines is 1. The number of para-hydroxylation sites is 2. The average Bonchev–Trinajstić information content (AvgIpc) is 2.80. The monoisotopic (exact) mass is 369 g/mol. The van der Waals surface area contributed by atoms with E-state index in [1.807, 2.05) is 19.1 Å². The molecule has 0 saturated carbocycles. The van der Waals surface area contributed by atoms with E-state index in [0.717, 1.165) is 0 Å². The second-order valence-electron chi connectivity index (χ2n) is 6.76. The topological polar surface area (TPSA) is 91.8 Å². The Bertz CT molecular complexity index is 866. The van der Waals surface area contributed by atoms with Gasteiger partial charge < -0.3 is 20.1 Å². The van der Waals surface area contributed by atoms with Crippen LogP contribution >= 0.6 is 0 Å². The van der Waals surface area contributed by atoms with E-state index >= 15 is 0 Å². The Morgan fingerprint density at radius 3 is 2.89 bits per heavy atom. The Labute approximate surface area is 158 Å². The van der Waals surface area contributed by atoms with Gasteiger partial charge in [0.2, 0.25) is 0 Å². The predicted octanol–water partition coefficient (Wildman–Crippen LogP) is 1.85. The van der Waals surface area contributed by atoms with Crippen LogP contribution in [0.1, 0.15) is 36.3 Å². The Balaban J connectivity index is 1.79. The van der Waals surface area contributed by atoms with Gasteiger partial charge in [-0.05, 0) is 43.2 Å². The van der Waals surface area contributed by atoms with Gasteiger partial charge >= 0.3 is 0 Å². The zero-order valence-corrected chi connectivity index (χ0v) is 15.6. The lowest BCUT2D eigenvalue weighted by molar-refractivity contribution is -0.120. The molecule has 0 radical (unpaired) electrons. The van der Waals surface area contributed by atoms with Crippen LogP contribution in [0.4, 0.5) is 5.69 Å². The van der Waals surface area contributed by atoms with Crippen LogP contribution in [0.3, 0.4) is 0 Å². The maximum absolute atomic E-state index is 12.7. The fourth-order valence-corrected chi connectivity index (χ4v) is 2.88. The molecule has 0 spiro atoms. The highest BCUT2D eigenvalue weighted by Gasteiger charge is 2.31. The van der Waals surface area contributed by atoms with Gasteiger partial charge in [-0.25, -0.2) is 0 Å². The number of carbonyl (C=O) groups excluding carboxylic acids is 2. The van der Waals surface area contributed by atoms with Gasteiger partial charge in [0.15, 0.2) is 0 Å². The Kier molecular flexibility index (Phi) is 5.14. The number of carbonyl (C=O) groups is 2. The summed E-state index contributed by atoms with van der Waals surface area (Å²) in [7, 11) is 1.65. The van der Waals surface area contributed by atoms with Gasteiger partial charge in [0.25, 0.3) is 11.8 Å². The number of hydrogen-bond donors (Lipinski definition) is 2. The van der Waals surface area contributed by atoms with Crippen LogP contribution in [0, 0.1) is 0 Å². The molecule has 3 rings (SSSR count). The summed E-state index contributed by atoms with van der Waals surface area (Å²) in [6, 6.07) is 9.58. The van der Waals surface area contributed by atoms with Crippen molar-refractivity contribution < 1.29 is 19.4 Å². The lowest BCUT2D eigenvalue weighted by Gasteiger charge is -2.22. The Hall–Kier alpha value is -2.93. The first-order chi connectivity index (χ1) is 12.8. The third-order valence-corrected chi connectivity index (χ3v) is 4.87. The van der Waals surface area contributed by atoms with Crippen molar-refractivity contribution in [1.82, 2.24) is 10.3 Å². The van der Waals surface area contributed by atoms with E-state index in [-0.39, 0.29) is 18.2 Å². The van der Waals surface area contributed by atoms with Crippen molar-refractivity contribution in [2.45, 2.75) is 31.9 Å². The summed E-state index contributed by atoms with van der Waals surface area (Å²) in [4.78, 5) is 30.9. The van der Waals surface area contributed by atoms with E-state index in [9.17, 15) is 14.7 Å². The van der Waals surface area contributed by atoms with E-state index in [1.165, 1.54) is 11.1 Å². The first-order valence-electron chi connectivity index (χ1n) is 8.82. The van der Waals surface area contributed by atoms with Gasteiger partial charge in [0.1, 0.15) is 24.1 Å². The zero-order chi connectivity index (χ0) is 19.6. The van der Waals surface area contributed by atoms with Gasteiger partial charge in [0, 0.05) is 13.2 Å². The summed E-state index contributed by atoms with van der Waals surface area (Å²) < 4.78 is 5.70. The van der Waals surface area contributed by atoms with Gasteiger partial charge in [-0.1, -0.05) is 19.1 Å². The van der Waals surface area contributed by atoms with Crippen molar-refractivity contribution in [2.24, 2.45) is 0 Å². The molecule has 1 aliphatic rings. The summed E-state index contributed by atoms with van der Waals surface area (Å²) >= 11 is 0. The van der Waals surface area contributed by atoms with Crippen molar-refractivity contribution in [3.63, 3.8) is 0 Å². The molecule has 142 valence electrons. The number of aliphatic hydroxyl groups is 1. The number of hydrogen-bond acceptors (Lipinski definition) is 5. The molecule has 27 heavy (non-hydrogen) atoms. The van der Waals surface area contributed by atoms with Crippen molar-refractivity contribution in [1.29, 1.82) is 0 Å². The fourth-order valence-electron chi connectivity index (χ4n) is 2.88. The maximum Gasteiger partial charge on any atom is 0.270 e. The molecule has 2 heterocycles. The molecule has 2 amide bonds. The van der Waals surface area contributed by atoms with Crippen molar-refractivity contribution in [3.8, 4) is 5.75 Å². The molecule has 0 fully saturated rings. The van der Waals surface area contributed by atoms with E-state index in [2.05, 4.69) is 10.3 Å². The number of rotatable bonds is 4. The maximum atomic E-state index is 12.7. The minimum Gasteiger partial charge on any atom is -0.489 e. The van der Waals surface area contributed by atoms with Crippen LogP contribution in [0.15, 0.2) is 42.6 Å². The summed E-state index contributed by atoms with van der Waals surface area (Å²) in [5, 5.41) is 13.1. The van der Waals surface area contributed by atoms with Gasteiger partial charge in [-0.3, -0.25) is 14.6 Å². The van der Waals surface area contributed by atoms with E-state index < -0.39 is 17.6 Å². The molecule has 2 N–H and O–H groups in total. The molecular weight excluding hydrogens is 346 g/mol. The van der Waals surface area contributed by atoms with Crippen LogP contribution in [0.25, 0.3) is 0 Å². The SMILES string of the molecule is CCC(C)(O)c1ccnc(C(=O)N[C@H]2COc3ccccc3N(C)C2=O)c1. The first-order valence-corrected chi connectivity index (χ1v) is 8.82. The molecule has 0 saturated heterocycles. The van der Waals surface area contributed by atoms with Gasteiger partial charge in [-0.2, -0.15) is 0 Å². The highest BCUT2D eigenvalue weighted by atomic mass is 16.5. The fraction of sp³-hybridized carbons (Fsp3) is 0.350. The molecule has 2 aromatic rings. The number of benzene rings is 1. The molecule has 1 aliphatic heterocycles. The molecule has 1 aromatic carbocycles. The van der Waals surface area contributed by atoms with E-state index in [0.29, 0.717) is 23.4 Å². The summed E-state index contributed by atoms with van der Waals surface area (Å²) in [5.74, 6) is -0.181. The smallest absolute Gasteiger partial charge is 0.270 e. The summed E-state index contributed by atoms with van der Waals surface area (Å²) in [6.07, 6.45) is 1.97. The zero-order valence-electron chi connectivity index (χ0n) is 15.6. The number of nitrogens with one attached hydrogen (secondary N) is 1. The average molecular weight is 369 g/mol. The molecular formula is C20H23N3O4. The largest absolute Gasteiger partial charge is 0.489 e. The normalized spacial score (nSPS) is 18.7. The lowest BCUT2D eigenvalue weighted by Crippen LogP contribution is -2.49. The quantitative estimate of drug-likeness (QED) is 0.858. The number of likely N-dealkylation sites (N-methyl/N-ethyl adjacent to an activating group) is 1. The van der Waals surface area contributed by atoms with Crippen molar-refractivity contribution in [3.05, 3.63) is 53.9 Å². The summed E-state index contributed by atoms with van der Waals surface area (Å²) in [5.41, 5.74) is 0.330. The van der Waals surface area contributed by atoms with Crippen LogP contribution in [0.2, 0.25) is 0 Å². The molecule has 1 unspecified atom stereocenters. The molecule has 2 atom stereocenters. The van der Waals surface area contributed by atoms with Crippen molar-refractivity contribution >= 4 is 17.5 Å². The molecule has 1 aromatic heterocycles. The summed E-state index contributed by atoms with van der Waals surface area (Å²) in [6.45, 7) is 3.56. The molecule has 7 nitrogen and oxygen atoms in total.